The molecule has 0 aliphatic carbocycles. The van der Waals surface area contributed by atoms with E-state index in [1.165, 1.54) is 16.7 Å². The average Bonchev–Trinajstić information content (AvgIpc) is 3.12. The first-order valence-electron chi connectivity index (χ1n) is 9.50. The van der Waals surface area contributed by atoms with Gasteiger partial charge in [0.25, 0.3) is 0 Å². The molecule has 0 radical (unpaired) electrons. The molecule has 0 spiro atoms. The Balaban J connectivity index is 1.45. The quantitative estimate of drug-likeness (QED) is 0.597. The molecule has 2 aromatic carbocycles. The van der Waals surface area contributed by atoms with E-state index in [-0.39, 0.29) is 5.91 Å². The summed E-state index contributed by atoms with van der Waals surface area (Å²) < 4.78 is 7.61. The second-order valence-corrected chi connectivity index (χ2v) is 7.13. The molecule has 0 bridgehead atoms. The second kappa shape index (κ2) is 9.22. The summed E-state index contributed by atoms with van der Waals surface area (Å²) in [7, 11) is 1.81. The summed E-state index contributed by atoms with van der Waals surface area (Å²) in [5.41, 5.74) is 4.64. The van der Waals surface area contributed by atoms with Crippen molar-refractivity contribution in [2.45, 2.75) is 33.4 Å². The van der Waals surface area contributed by atoms with Gasteiger partial charge in [-0.25, -0.2) is 0 Å². The molecule has 0 aliphatic heterocycles. The zero-order chi connectivity index (χ0) is 19.9. The van der Waals surface area contributed by atoms with Gasteiger partial charge in [0.05, 0.1) is 25.8 Å². The van der Waals surface area contributed by atoms with Crippen LogP contribution in [0.4, 0.5) is 0 Å². The Kier molecular flexibility index (Phi) is 6.48. The molecule has 3 aromatic rings. The molecule has 0 atom stereocenters. The van der Waals surface area contributed by atoms with Crippen LogP contribution in [0.2, 0.25) is 0 Å². The van der Waals surface area contributed by atoms with Gasteiger partial charge >= 0.3 is 0 Å². The fraction of sp³-hybridized carbons (Fsp3) is 0.304. The van der Waals surface area contributed by atoms with Crippen LogP contribution in [0.3, 0.4) is 0 Å². The zero-order valence-electron chi connectivity index (χ0n) is 16.8. The Hall–Kier alpha value is -3.08. The van der Waals surface area contributed by atoms with Crippen molar-refractivity contribution in [3.05, 3.63) is 83.2 Å². The number of amides is 1. The highest BCUT2D eigenvalue weighted by Gasteiger charge is 2.11. The molecule has 146 valence electrons. The Labute approximate surface area is 166 Å². The first-order valence-corrected chi connectivity index (χ1v) is 9.50. The Morgan fingerprint density at radius 2 is 1.86 bits per heavy atom. The highest BCUT2D eigenvalue weighted by Crippen LogP contribution is 2.16. The lowest BCUT2D eigenvalue weighted by atomic mass is 10.1. The number of hydrogen-bond acceptors (Lipinski definition) is 3. The van der Waals surface area contributed by atoms with Crippen molar-refractivity contribution in [2.24, 2.45) is 0 Å². The van der Waals surface area contributed by atoms with Crippen molar-refractivity contribution >= 4 is 5.91 Å². The van der Waals surface area contributed by atoms with Gasteiger partial charge in [0, 0.05) is 25.4 Å². The normalized spacial score (nSPS) is 10.7. The van der Waals surface area contributed by atoms with Gasteiger partial charge in [-0.2, -0.15) is 5.10 Å². The summed E-state index contributed by atoms with van der Waals surface area (Å²) >= 11 is 0. The third-order valence-electron chi connectivity index (χ3n) is 4.78. The summed E-state index contributed by atoms with van der Waals surface area (Å²) in [6.07, 6.45) is 4.15. The summed E-state index contributed by atoms with van der Waals surface area (Å²) in [5, 5.41) is 4.40. The van der Waals surface area contributed by atoms with Crippen LogP contribution in [0.15, 0.2) is 60.9 Å². The van der Waals surface area contributed by atoms with Gasteiger partial charge in [0.15, 0.2) is 0 Å². The number of carbonyl (C=O) groups excluding carboxylic acids is 1. The van der Waals surface area contributed by atoms with Crippen LogP contribution in [0.25, 0.3) is 0 Å². The van der Waals surface area contributed by atoms with E-state index in [1.807, 2.05) is 60.5 Å². The Bertz CT molecular complexity index is 919. The van der Waals surface area contributed by atoms with Crippen molar-refractivity contribution in [1.82, 2.24) is 14.7 Å². The van der Waals surface area contributed by atoms with Crippen molar-refractivity contribution in [3.63, 3.8) is 0 Å². The van der Waals surface area contributed by atoms with Gasteiger partial charge in [-0.05, 0) is 42.7 Å². The van der Waals surface area contributed by atoms with Crippen LogP contribution in [0.5, 0.6) is 5.75 Å². The number of aryl methyl sites for hydroxylation is 2. The molecular formula is C23H27N3O2. The SMILES string of the molecule is Cc1ccc(OCCC(=O)N(C)Cc2cnn(Cc3ccccc3)c2)cc1C. The van der Waals surface area contributed by atoms with E-state index in [1.54, 1.807) is 4.90 Å². The highest BCUT2D eigenvalue weighted by molar-refractivity contribution is 5.76. The van der Waals surface area contributed by atoms with Crippen molar-refractivity contribution < 1.29 is 9.53 Å². The minimum absolute atomic E-state index is 0.0552. The minimum atomic E-state index is 0.0552. The van der Waals surface area contributed by atoms with Gasteiger partial charge in [0.1, 0.15) is 5.75 Å². The molecule has 0 aliphatic rings. The lowest BCUT2D eigenvalue weighted by Gasteiger charge is -2.16. The molecule has 0 fully saturated rings. The van der Waals surface area contributed by atoms with Crippen LogP contribution in [-0.4, -0.2) is 34.2 Å². The number of aromatic nitrogens is 2. The summed E-state index contributed by atoms with van der Waals surface area (Å²) in [4.78, 5) is 14.1. The van der Waals surface area contributed by atoms with E-state index in [9.17, 15) is 4.79 Å². The van der Waals surface area contributed by atoms with E-state index >= 15 is 0 Å². The van der Waals surface area contributed by atoms with Gasteiger partial charge in [-0.15, -0.1) is 0 Å². The molecule has 0 unspecified atom stereocenters. The van der Waals surface area contributed by atoms with Crippen LogP contribution >= 0.6 is 0 Å². The van der Waals surface area contributed by atoms with Gasteiger partial charge in [0.2, 0.25) is 5.91 Å². The molecule has 1 aromatic heterocycles. The third kappa shape index (κ3) is 5.46. The smallest absolute Gasteiger partial charge is 0.226 e. The monoisotopic (exact) mass is 377 g/mol. The molecule has 0 saturated heterocycles. The number of rotatable bonds is 8. The average molecular weight is 377 g/mol. The van der Waals surface area contributed by atoms with Crippen LogP contribution in [0.1, 0.15) is 28.7 Å². The molecule has 5 nitrogen and oxygen atoms in total. The topological polar surface area (TPSA) is 47.4 Å². The van der Waals surface area contributed by atoms with Crippen LogP contribution in [-0.2, 0) is 17.9 Å². The van der Waals surface area contributed by atoms with Crippen molar-refractivity contribution in [1.29, 1.82) is 0 Å². The summed E-state index contributed by atoms with van der Waals surface area (Å²) in [5.74, 6) is 0.861. The highest BCUT2D eigenvalue weighted by atomic mass is 16.5. The molecule has 28 heavy (non-hydrogen) atoms. The fourth-order valence-electron chi connectivity index (χ4n) is 2.96. The first-order chi connectivity index (χ1) is 13.5. The second-order valence-electron chi connectivity index (χ2n) is 7.13. The summed E-state index contributed by atoms with van der Waals surface area (Å²) in [6, 6.07) is 16.2. The molecule has 1 heterocycles. The predicted octanol–water partition coefficient (Wildman–Crippen LogP) is 3.98. The number of ether oxygens (including phenoxy) is 1. The van der Waals surface area contributed by atoms with Crippen molar-refractivity contribution in [2.75, 3.05) is 13.7 Å². The van der Waals surface area contributed by atoms with Gasteiger partial charge in [-0.3, -0.25) is 9.48 Å². The van der Waals surface area contributed by atoms with Gasteiger partial charge in [-0.1, -0.05) is 36.4 Å². The largest absolute Gasteiger partial charge is 0.493 e. The maximum atomic E-state index is 12.4. The maximum Gasteiger partial charge on any atom is 0.226 e. The van der Waals surface area contributed by atoms with E-state index in [0.717, 1.165) is 17.9 Å². The number of carbonyl (C=O) groups is 1. The molecule has 0 N–H and O–H groups in total. The molecule has 5 heteroatoms. The van der Waals surface area contributed by atoms with Crippen molar-refractivity contribution in [3.8, 4) is 5.75 Å². The molecular weight excluding hydrogens is 350 g/mol. The number of nitrogens with zero attached hydrogens (tertiary/aromatic N) is 3. The van der Waals surface area contributed by atoms with Crippen LogP contribution in [0, 0.1) is 13.8 Å². The molecule has 0 saturated carbocycles. The molecule has 1 amide bonds. The zero-order valence-corrected chi connectivity index (χ0v) is 16.8. The summed E-state index contributed by atoms with van der Waals surface area (Å²) in [6.45, 7) is 5.76. The predicted molar refractivity (Wildman–Crippen MR) is 110 cm³/mol. The lowest BCUT2D eigenvalue weighted by molar-refractivity contribution is -0.130. The maximum absolute atomic E-state index is 12.4. The standard InChI is InChI=1S/C23H27N3O2/c1-18-9-10-22(13-19(18)2)28-12-11-23(27)25(3)15-21-14-24-26(17-21)16-20-7-5-4-6-8-20/h4-10,13-14,17H,11-12,15-16H2,1-3H3. The number of hydrogen-bond donors (Lipinski definition) is 0. The van der Waals surface area contributed by atoms with Crippen LogP contribution < -0.4 is 4.74 Å². The molecule has 3 rings (SSSR count). The van der Waals surface area contributed by atoms with E-state index in [2.05, 4.69) is 31.1 Å². The first kappa shape index (κ1) is 19.7. The third-order valence-corrected chi connectivity index (χ3v) is 4.78. The minimum Gasteiger partial charge on any atom is -0.493 e. The fourth-order valence-corrected chi connectivity index (χ4v) is 2.96. The Morgan fingerprint density at radius 1 is 1.07 bits per heavy atom. The van der Waals surface area contributed by atoms with E-state index in [4.69, 9.17) is 4.74 Å². The van der Waals surface area contributed by atoms with E-state index in [0.29, 0.717) is 19.6 Å². The van der Waals surface area contributed by atoms with Gasteiger partial charge < -0.3 is 9.64 Å². The number of benzene rings is 2. The lowest BCUT2D eigenvalue weighted by Crippen LogP contribution is -2.27. The van der Waals surface area contributed by atoms with E-state index < -0.39 is 0 Å². The Morgan fingerprint density at radius 3 is 2.61 bits per heavy atom.